The zero-order chi connectivity index (χ0) is 22.1. The lowest BCUT2D eigenvalue weighted by atomic mass is 9.84. The molecule has 5 nitrogen and oxygen atoms in total. The predicted molar refractivity (Wildman–Crippen MR) is 122 cm³/mol. The van der Waals surface area contributed by atoms with Crippen molar-refractivity contribution in [2.75, 3.05) is 13.5 Å². The molecule has 30 heavy (non-hydrogen) atoms. The van der Waals surface area contributed by atoms with Gasteiger partial charge in [-0.3, -0.25) is 4.57 Å². The highest BCUT2D eigenvalue weighted by atomic mass is 31.2. The van der Waals surface area contributed by atoms with Gasteiger partial charge in [0, 0.05) is 5.56 Å². The number of rotatable bonds is 7. The zero-order valence-electron chi connectivity index (χ0n) is 18.2. The highest BCUT2D eigenvalue weighted by Crippen LogP contribution is 2.46. The Morgan fingerprint density at radius 2 is 1.50 bits per heavy atom. The van der Waals surface area contributed by atoms with E-state index in [1.807, 2.05) is 45.9 Å². The Morgan fingerprint density at radius 3 is 2.03 bits per heavy atom. The third-order valence-corrected chi connectivity index (χ3v) is 6.11. The predicted octanol–water partition coefficient (Wildman–Crippen LogP) is 5.77. The second kappa shape index (κ2) is 8.81. The molecule has 0 aliphatic heterocycles. The van der Waals surface area contributed by atoms with Crippen LogP contribution in [0.2, 0.25) is 0 Å². The molecule has 3 rings (SSSR count). The van der Waals surface area contributed by atoms with Gasteiger partial charge in [-0.15, -0.1) is 0 Å². The van der Waals surface area contributed by atoms with Gasteiger partial charge in [0.15, 0.2) is 6.35 Å². The molecule has 3 aromatic carbocycles. The van der Waals surface area contributed by atoms with Crippen LogP contribution in [-0.2, 0) is 17.4 Å². The van der Waals surface area contributed by atoms with E-state index in [2.05, 4.69) is 18.2 Å². The van der Waals surface area contributed by atoms with Crippen molar-refractivity contribution >= 4 is 18.4 Å². The molecule has 0 radical (unpaired) electrons. The van der Waals surface area contributed by atoms with E-state index < -0.39 is 13.9 Å². The van der Waals surface area contributed by atoms with Gasteiger partial charge in [0.05, 0.1) is 7.11 Å². The molecule has 0 aromatic heterocycles. The van der Waals surface area contributed by atoms with E-state index in [4.69, 9.17) is 9.47 Å². The third kappa shape index (κ3) is 4.11. The zero-order valence-corrected chi connectivity index (χ0v) is 19.0. The smallest absolute Gasteiger partial charge is 0.362 e. The molecule has 0 aliphatic rings. The minimum absolute atomic E-state index is 0.598. The van der Waals surface area contributed by atoms with Gasteiger partial charge in [0.1, 0.15) is 11.5 Å². The second-order valence-corrected chi connectivity index (χ2v) is 9.01. The van der Waals surface area contributed by atoms with Crippen LogP contribution in [0.25, 0.3) is 21.9 Å². The summed E-state index contributed by atoms with van der Waals surface area (Å²) in [4.78, 5) is 18.7. The molecule has 0 spiro atoms. The first kappa shape index (κ1) is 22.4. The number of benzene rings is 3. The molecule has 0 amide bonds. The lowest BCUT2D eigenvalue weighted by molar-refractivity contribution is 0.297. The maximum Gasteiger partial charge on any atom is 0.362 e. The van der Waals surface area contributed by atoms with Crippen LogP contribution in [0.5, 0.6) is 11.5 Å². The fourth-order valence-electron chi connectivity index (χ4n) is 4.33. The second-order valence-electron chi connectivity index (χ2n) is 7.42. The standard InChI is InChI=1S/C24H29O5P/c1-6-18-15(3)22(16(4)19(7-2)24(18)29-14-30(25,26)27)23-20-11-9-8-10-17(20)12-13-21(23)28-5/h8-13H,6-7,14H2,1-5H3,(H2,25,26,27). The summed E-state index contributed by atoms with van der Waals surface area (Å²) in [5, 5.41) is 2.24. The molecule has 2 N–H and O–H groups in total. The Morgan fingerprint density at radius 1 is 0.900 bits per heavy atom. The highest BCUT2D eigenvalue weighted by molar-refractivity contribution is 7.51. The van der Waals surface area contributed by atoms with Crippen molar-refractivity contribution in [1.29, 1.82) is 0 Å². The Labute approximate surface area is 177 Å². The summed E-state index contributed by atoms with van der Waals surface area (Å²) < 4.78 is 22.9. The van der Waals surface area contributed by atoms with E-state index in [1.54, 1.807) is 7.11 Å². The average Bonchev–Trinajstić information content (AvgIpc) is 2.71. The quantitative estimate of drug-likeness (QED) is 0.467. The maximum atomic E-state index is 11.4. The van der Waals surface area contributed by atoms with E-state index >= 15 is 0 Å². The summed E-state index contributed by atoms with van der Waals surface area (Å²) >= 11 is 0. The van der Waals surface area contributed by atoms with Crippen LogP contribution in [0.15, 0.2) is 36.4 Å². The summed E-state index contributed by atoms with van der Waals surface area (Å²) in [5.74, 6) is 1.40. The number of fused-ring (bicyclic) bond motifs is 1. The number of hydrogen-bond acceptors (Lipinski definition) is 3. The van der Waals surface area contributed by atoms with Crippen LogP contribution in [0, 0.1) is 13.8 Å². The molecule has 160 valence electrons. The molecule has 3 aromatic rings. The first-order valence-electron chi connectivity index (χ1n) is 10.1. The average molecular weight is 428 g/mol. The summed E-state index contributed by atoms with van der Waals surface area (Å²) in [6, 6.07) is 12.3. The fourth-order valence-corrected chi connectivity index (χ4v) is 4.63. The maximum absolute atomic E-state index is 11.4. The van der Waals surface area contributed by atoms with Crippen molar-refractivity contribution in [2.45, 2.75) is 40.5 Å². The highest BCUT2D eigenvalue weighted by Gasteiger charge is 2.25. The van der Waals surface area contributed by atoms with Crippen LogP contribution < -0.4 is 9.47 Å². The third-order valence-electron chi connectivity index (χ3n) is 5.65. The van der Waals surface area contributed by atoms with Crippen LogP contribution in [0.1, 0.15) is 36.1 Å². The van der Waals surface area contributed by atoms with Gasteiger partial charge in [-0.05, 0) is 71.3 Å². The van der Waals surface area contributed by atoms with Gasteiger partial charge >= 0.3 is 7.60 Å². The van der Waals surface area contributed by atoms with Gasteiger partial charge in [-0.1, -0.05) is 44.2 Å². The Bertz CT molecular complexity index is 1100. The van der Waals surface area contributed by atoms with Crippen LogP contribution in [-0.4, -0.2) is 23.2 Å². The molecule has 0 unspecified atom stereocenters. The molecule has 0 saturated heterocycles. The minimum Gasteiger partial charge on any atom is -0.496 e. The fraction of sp³-hybridized carbons (Fsp3) is 0.333. The summed E-state index contributed by atoms with van der Waals surface area (Å²) in [5.41, 5.74) is 6.16. The van der Waals surface area contributed by atoms with Crippen molar-refractivity contribution in [3.05, 3.63) is 58.7 Å². The van der Waals surface area contributed by atoms with E-state index in [0.717, 1.165) is 49.9 Å². The van der Waals surface area contributed by atoms with E-state index in [0.29, 0.717) is 18.6 Å². The van der Waals surface area contributed by atoms with E-state index in [9.17, 15) is 14.4 Å². The molecule has 6 heteroatoms. The van der Waals surface area contributed by atoms with E-state index in [1.165, 1.54) is 0 Å². The topological polar surface area (TPSA) is 76.0 Å². The first-order valence-corrected chi connectivity index (χ1v) is 11.9. The van der Waals surface area contributed by atoms with Crippen molar-refractivity contribution in [3.63, 3.8) is 0 Å². The van der Waals surface area contributed by atoms with Crippen molar-refractivity contribution in [1.82, 2.24) is 0 Å². The summed E-state index contributed by atoms with van der Waals surface area (Å²) in [6.45, 7) is 8.16. The van der Waals surface area contributed by atoms with Gasteiger partial charge in [-0.25, -0.2) is 0 Å². The van der Waals surface area contributed by atoms with Crippen LogP contribution in [0.4, 0.5) is 0 Å². The van der Waals surface area contributed by atoms with E-state index in [-0.39, 0.29) is 0 Å². The Balaban J connectivity index is 2.38. The van der Waals surface area contributed by atoms with Gasteiger partial charge in [-0.2, -0.15) is 0 Å². The molecule has 0 fully saturated rings. The Hall–Kier alpha value is -2.33. The van der Waals surface area contributed by atoms with Crippen molar-refractivity contribution in [2.24, 2.45) is 0 Å². The molecule has 0 heterocycles. The van der Waals surface area contributed by atoms with Crippen molar-refractivity contribution < 1.29 is 23.8 Å². The van der Waals surface area contributed by atoms with Gasteiger partial charge in [0.25, 0.3) is 0 Å². The van der Waals surface area contributed by atoms with Crippen LogP contribution in [0.3, 0.4) is 0 Å². The monoisotopic (exact) mass is 428 g/mol. The molecule has 0 saturated carbocycles. The molecule has 0 atom stereocenters. The Kier molecular flexibility index (Phi) is 6.56. The molecular weight excluding hydrogens is 399 g/mol. The van der Waals surface area contributed by atoms with Gasteiger partial charge in [0.2, 0.25) is 0 Å². The molecular formula is C24H29O5P. The normalized spacial score (nSPS) is 11.7. The first-order chi connectivity index (χ1) is 14.2. The SMILES string of the molecule is CCc1c(C)c(-c2c(OC)ccc3ccccc23)c(C)c(CC)c1OCP(=O)(O)O. The number of hydrogen-bond donors (Lipinski definition) is 2. The number of methoxy groups -OCH3 is 1. The lowest BCUT2D eigenvalue weighted by Gasteiger charge is -2.25. The summed E-state index contributed by atoms with van der Waals surface area (Å²) in [7, 11) is -2.60. The van der Waals surface area contributed by atoms with Crippen LogP contribution >= 0.6 is 7.60 Å². The summed E-state index contributed by atoms with van der Waals surface area (Å²) in [6.07, 6.45) is 0.758. The minimum atomic E-state index is -4.28. The molecule has 0 bridgehead atoms. The van der Waals surface area contributed by atoms with Crippen molar-refractivity contribution in [3.8, 4) is 22.6 Å². The largest absolute Gasteiger partial charge is 0.496 e. The van der Waals surface area contributed by atoms with Gasteiger partial charge < -0.3 is 19.3 Å². The molecule has 0 aliphatic carbocycles. The number of ether oxygens (including phenoxy) is 2. The lowest BCUT2D eigenvalue weighted by Crippen LogP contribution is -2.09.